The van der Waals surface area contributed by atoms with Crippen LogP contribution in [0.25, 0.3) is 0 Å². The molecule has 0 fully saturated rings. The summed E-state index contributed by atoms with van der Waals surface area (Å²) < 4.78 is 196. The van der Waals surface area contributed by atoms with E-state index in [2.05, 4.69) is 13.1 Å². The van der Waals surface area contributed by atoms with E-state index < -0.39 is 26.2 Å². The summed E-state index contributed by atoms with van der Waals surface area (Å²) in [6, 6.07) is 2.10. The molecular formula is C75H158O36Si3. The Hall–Kier alpha value is -0.789. The van der Waals surface area contributed by atoms with Crippen LogP contribution in [0.5, 0.6) is 0 Å². The van der Waals surface area contributed by atoms with Gasteiger partial charge in [0, 0.05) is 41.2 Å². The van der Waals surface area contributed by atoms with Gasteiger partial charge < -0.3 is 169 Å². The largest absolute Gasteiger partial charge is 0.439 e. The van der Waals surface area contributed by atoms with Gasteiger partial charge in [-0.3, -0.25) is 0 Å². The number of hydrogen-bond acceptors (Lipinski definition) is 36. The van der Waals surface area contributed by atoms with Gasteiger partial charge in [0.25, 0.3) is 0 Å². The normalized spacial score (nSPS) is 13.3. The third-order valence-corrected chi connectivity index (χ3v) is 25.8. The van der Waals surface area contributed by atoms with Crippen LogP contribution in [0.4, 0.5) is 0 Å². The molecule has 0 saturated carbocycles. The lowest BCUT2D eigenvalue weighted by Gasteiger charge is -2.36. The van der Waals surface area contributed by atoms with Gasteiger partial charge in [-0.25, -0.2) is 0 Å². The van der Waals surface area contributed by atoms with Gasteiger partial charge in [-0.1, -0.05) is 0 Å². The Bertz CT molecular complexity index is 1760. The molecule has 0 aliphatic rings. The zero-order valence-corrected chi connectivity index (χ0v) is 74.3. The monoisotopic (exact) mass is 1720 g/mol. The maximum absolute atomic E-state index is 11.7. The minimum atomic E-state index is -3.12. The van der Waals surface area contributed by atoms with Crippen LogP contribution in [-0.2, 0) is 165 Å². The molecule has 0 aromatic carbocycles. The zero-order valence-electron chi connectivity index (χ0n) is 71.1. The third kappa shape index (κ3) is 98.3. The summed E-state index contributed by atoms with van der Waals surface area (Å²) in [5.74, 6) is 0. The minimum Gasteiger partial charge on any atom is -0.439 e. The molecule has 0 aromatic heterocycles. The van der Waals surface area contributed by atoms with E-state index in [4.69, 9.17) is 165 Å². The molecule has 1 N–H and O–H groups in total. The first-order chi connectivity index (χ1) is 56.3. The lowest BCUT2D eigenvalue weighted by molar-refractivity contribution is -0.0270. The van der Waals surface area contributed by atoms with E-state index in [1.54, 1.807) is 21.3 Å². The van der Waals surface area contributed by atoms with Gasteiger partial charge >= 0.3 is 17.1 Å². The van der Waals surface area contributed by atoms with Crippen molar-refractivity contribution in [2.75, 3.05) is 438 Å². The van der Waals surface area contributed by atoms with Crippen molar-refractivity contribution >= 4 is 26.2 Å². The Kier molecular flexibility index (Phi) is 98.6. The lowest BCUT2D eigenvalue weighted by Crippen LogP contribution is -2.52. The first kappa shape index (κ1) is 113. The fourth-order valence-corrected chi connectivity index (χ4v) is 21.1. The Labute approximate surface area is 687 Å². The van der Waals surface area contributed by atoms with E-state index in [-0.39, 0.29) is 0 Å². The first-order valence-corrected chi connectivity index (χ1v) is 48.7. The second kappa shape index (κ2) is 99.3. The smallest absolute Gasteiger partial charge is 0.323 e. The Morgan fingerprint density at radius 2 is 0.316 bits per heavy atom. The summed E-state index contributed by atoms with van der Waals surface area (Å²) >= 11 is 0. The molecule has 3 unspecified atom stereocenters. The number of hydrogen-bond donors (Lipinski definition) is 1. The van der Waals surface area contributed by atoms with Crippen molar-refractivity contribution in [2.24, 2.45) is 0 Å². The molecule has 114 heavy (non-hydrogen) atoms. The van der Waals surface area contributed by atoms with Crippen molar-refractivity contribution < 1.29 is 169 Å². The summed E-state index contributed by atoms with van der Waals surface area (Å²) in [6.45, 7) is 37.2. The topological polar surface area (TPSA) is 343 Å². The van der Waals surface area contributed by atoms with E-state index in [0.717, 1.165) is 18.9 Å². The molecule has 0 amide bonds. The summed E-state index contributed by atoms with van der Waals surface area (Å²) in [5, 5.41) is 0. The number of ether oxygens (including phenoxy) is 33. The predicted octanol–water partition coefficient (Wildman–Crippen LogP) is 3.12. The molecule has 0 spiro atoms. The summed E-state index contributed by atoms with van der Waals surface area (Å²) in [7, 11) is -2.72. The number of rotatable bonds is 106. The standard InChI is InChI=1S/C75H158O36Si3/c1-77-13-16-83-25-28-89-37-40-95-49-52-101-61-64-107-70-67-104-58-55-98-46-43-92-34-31-86-22-19-80-10-7-73-112(4)110-114(6,75-9-12-82-21-24-88-33-36-94-45-48-100-57-60-106-69-72-109-66-63-103-54-51-97-42-39-91-30-27-85-18-15-79-3)111-113(5,76)74-8-11-81-20-23-87-32-35-93-44-47-99-56-59-105-68-71-108-65-62-102-53-50-96-41-38-90-29-26-84-17-14-78-2/h76,112H,7-75H2,1-6H3. The van der Waals surface area contributed by atoms with Crippen LogP contribution in [-0.4, -0.2) is 469 Å². The van der Waals surface area contributed by atoms with Crippen LogP contribution >= 0.6 is 0 Å². The van der Waals surface area contributed by atoms with E-state index >= 15 is 0 Å². The fourth-order valence-electron chi connectivity index (χ4n) is 9.28. The molecule has 0 saturated heterocycles. The van der Waals surface area contributed by atoms with Crippen molar-refractivity contribution in [1.29, 1.82) is 0 Å². The van der Waals surface area contributed by atoms with Gasteiger partial charge in [-0.05, 0) is 57.0 Å². The molecule has 686 valence electrons. The van der Waals surface area contributed by atoms with Crippen LogP contribution < -0.4 is 0 Å². The minimum absolute atomic E-state index is 0.433. The Morgan fingerprint density at radius 3 is 0.474 bits per heavy atom. The van der Waals surface area contributed by atoms with Crippen LogP contribution in [0, 0.1) is 0 Å². The Balaban J connectivity index is 4.29. The zero-order chi connectivity index (χ0) is 82.1. The van der Waals surface area contributed by atoms with E-state index in [0.29, 0.717) is 435 Å². The quantitative estimate of drug-likeness (QED) is 0.0675. The first-order valence-electron chi connectivity index (χ1n) is 41.2. The maximum atomic E-state index is 11.7. The highest BCUT2D eigenvalue weighted by Crippen LogP contribution is 2.25. The van der Waals surface area contributed by atoms with Gasteiger partial charge in [-0.2, -0.15) is 0 Å². The van der Waals surface area contributed by atoms with Gasteiger partial charge in [0.05, 0.1) is 396 Å². The summed E-state index contributed by atoms with van der Waals surface area (Å²) in [4.78, 5) is 11.7. The maximum Gasteiger partial charge on any atom is 0.323 e. The van der Waals surface area contributed by atoms with Gasteiger partial charge in [0.2, 0.25) is 0 Å². The van der Waals surface area contributed by atoms with Crippen molar-refractivity contribution in [3.8, 4) is 0 Å². The molecule has 3 atom stereocenters. The third-order valence-electron chi connectivity index (χ3n) is 15.0. The lowest BCUT2D eigenvalue weighted by atomic mass is 10.5. The van der Waals surface area contributed by atoms with E-state index in [1.165, 1.54) is 0 Å². The molecule has 0 aliphatic carbocycles. The summed E-state index contributed by atoms with van der Waals surface area (Å²) in [5.41, 5.74) is 0. The second-order valence-corrected chi connectivity index (χ2v) is 34.6. The average Bonchev–Trinajstić information content (AvgIpc) is 0.842. The highest BCUT2D eigenvalue weighted by molar-refractivity contribution is 6.82. The van der Waals surface area contributed by atoms with Crippen LogP contribution in [0.3, 0.4) is 0 Å². The van der Waals surface area contributed by atoms with Crippen molar-refractivity contribution in [2.45, 2.75) is 57.0 Å². The van der Waals surface area contributed by atoms with Gasteiger partial charge in [0.15, 0.2) is 9.04 Å². The van der Waals surface area contributed by atoms with Crippen molar-refractivity contribution in [1.82, 2.24) is 0 Å². The molecule has 0 rings (SSSR count). The van der Waals surface area contributed by atoms with Gasteiger partial charge in [0.1, 0.15) is 0 Å². The summed E-state index contributed by atoms with van der Waals surface area (Å²) in [6.07, 6.45) is 2.23. The number of methoxy groups -OCH3 is 3. The molecule has 0 radical (unpaired) electrons. The van der Waals surface area contributed by atoms with Gasteiger partial charge in [-0.15, -0.1) is 0 Å². The molecule has 0 aliphatic heterocycles. The average molecular weight is 1720 g/mol. The predicted molar refractivity (Wildman–Crippen MR) is 429 cm³/mol. The van der Waals surface area contributed by atoms with Crippen LogP contribution in [0.1, 0.15) is 19.3 Å². The second-order valence-electron chi connectivity index (χ2n) is 25.0. The fraction of sp³-hybridized carbons (Fsp3) is 1.00. The SMILES string of the molecule is COCCOCCOCCOCCOCCOCCOCCOCCOCCOCCOCCC[SiH](C)O[Si](C)(CCCOCCOCCOCCOCCOCCOCCOCCOCCOCCOCCOC)O[Si](C)(O)CCCOCCOCCOCCOCCOCCOCCOCCOCCOCCOCCOC. The molecule has 36 nitrogen and oxygen atoms in total. The molecule has 0 bridgehead atoms. The Morgan fingerprint density at radius 1 is 0.184 bits per heavy atom. The van der Waals surface area contributed by atoms with E-state index in [1.807, 2.05) is 6.55 Å². The molecule has 39 heteroatoms. The van der Waals surface area contributed by atoms with E-state index in [9.17, 15) is 4.80 Å². The molecule has 0 aromatic rings. The van der Waals surface area contributed by atoms with Crippen molar-refractivity contribution in [3.63, 3.8) is 0 Å². The highest BCUT2D eigenvalue weighted by Gasteiger charge is 2.41. The highest BCUT2D eigenvalue weighted by atomic mass is 28.5. The van der Waals surface area contributed by atoms with Crippen LogP contribution in [0.15, 0.2) is 0 Å². The molecule has 0 heterocycles. The van der Waals surface area contributed by atoms with Crippen LogP contribution in [0.2, 0.25) is 37.8 Å². The van der Waals surface area contributed by atoms with Crippen molar-refractivity contribution in [3.05, 3.63) is 0 Å². The molecular weight excluding hydrogens is 1560 g/mol.